The van der Waals surface area contributed by atoms with Crippen LogP contribution in [0.1, 0.15) is 5.56 Å². The monoisotopic (exact) mass is 269 g/mol. The first-order valence-electron chi connectivity index (χ1n) is 6.06. The summed E-state index contributed by atoms with van der Waals surface area (Å²) in [5.41, 5.74) is 0.245. The lowest BCUT2D eigenvalue weighted by Crippen LogP contribution is -2.11. The van der Waals surface area contributed by atoms with Gasteiger partial charge in [0.25, 0.3) is 5.56 Å². The van der Waals surface area contributed by atoms with Gasteiger partial charge in [0.2, 0.25) is 5.75 Å². The van der Waals surface area contributed by atoms with Crippen LogP contribution in [0, 0.1) is 0 Å². The molecule has 0 amide bonds. The molecule has 5 nitrogen and oxygen atoms in total. The van der Waals surface area contributed by atoms with Gasteiger partial charge in [0, 0.05) is 12.3 Å². The summed E-state index contributed by atoms with van der Waals surface area (Å²) in [6, 6.07) is 12.4. The molecule has 0 aliphatic rings. The molecule has 0 unspecified atom stereocenters. The molecule has 3 aromatic rings. The highest BCUT2D eigenvalue weighted by molar-refractivity contribution is 5.76. The van der Waals surface area contributed by atoms with E-state index in [0.717, 1.165) is 5.56 Å². The summed E-state index contributed by atoms with van der Waals surface area (Å²) in [6.45, 7) is 0.238. The number of nitrogens with one attached hydrogen (secondary N) is 1. The van der Waals surface area contributed by atoms with Crippen molar-refractivity contribution in [2.45, 2.75) is 6.61 Å². The first-order chi connectivity index (χ1) is 9.74. The number of pyridine rings is 1. The van der Waals surface area contributed by atoms with E-state index in [1.165, 1.54) is 18.3 Å². The van der Waals surface area contributed by atoms with Crippen molar-refractivity contribution < 1.29 is 9.15 Å². The van der Waals surface area contributed by atoms with Crippen LogP contribution in [-0.2, 0) is 6.61 Å². The van der Waals surface area contributed by atoms with Gasteiger partial charge in [-0.3, -0.25) is 4.79 Å². The van der Waals surface area contributed by atoms with Gasteiger partial charge in [-0.05, 0) is 11.6 Å². The molecule has 0 radical (unpaired) electrons. The maximum Gasteiger partial charge on any atom is 0.379 e. The minimum Gasteiger partial charge on any atom is -0.482 e. The molecule has 0 saturated heterocycles. The van der Waals surface area contributed by atoms with Crippen molar-refractivity contribution in [3.63, 3.8) is 0 Å². The van der Waals surface area contributed by atoms with E-state index >= 15 is 0 Å². The lowest BCUT2D eigenvalue weighted by atomic mass is 10.2. The highest BCUT2D eigenvalue weighted by atomic mass is 16.5. The molecule has 0 spiro atoms. The fourth-order valence-electron chi connectivity index (χ4n) is 1.87. The molecule has 0 atom stereocenters. The van der Waals surface area contributed by atoms with Gasteiger partial charge in [-0.1, -0.05) is 30.3 Å². The fraction of sp³-hybridized carbons (Fsp3) is 0.0667. The van der Waals surface area contributed by atoms with Gasteiger partial charge in [-0.25, -0.2) is 4.79 Å². The number of hydrogen-bond donors (Lipinski definition) is 1. The van der Waals surface area contributed by atoms with Gasteiger partial charge in [0.1, 0.15) is 12.2 Å². The van der Waals surface area contributed by atoms with E-state index in [-0.39, 0.29) is 28.9 Å². The first-order valence-corrected chi connectivity index (χ1v) is 6.06. The van der Waals surface area contributed by atoms with E-state index < -0.39 is 5.63 Å². The quantitative estimate of drug-likeness (QED) is 0.790. The Kier molecular flexibility index (Phi) is 3.09. The number of H-pyrrole nitrogens is 1. The molecular weight excluding hydrogens is 258 g/mol. The summed E-state index contributed by atoms with van der Waals surface area (Å²) in [6.07, 6.45) is 1.43. The Morgan fingerprint density at radius 2 is 1.90 bits per heavy atom. The zero-order valence-corrected chi connectivity index (χ0v) is 10.5. The molecule has 0 aliphatic carbocycles. The zero-order chi connectivity index (χ0) is 13.9. The van der Waals surface area contributed by atoms with Gasteiger partial charge >= 0.3 is 5.63 Å². The molecule has 2 aromatic heterocycles. The molecule has 0 fully saturated rings. The van der Waals surface area contributed by atoms with Gasteiger partial charge < -0.3 is 14.1 Å². The van der Waals surface area contributed by atoms with E-state index in [9.17, 15) is 9.59 Å². The van der Waals surface area contributed by atoms with Crippen LogP contribution in [0.3, 0.4) is 0 Å². The molecule has 5 heteroatoms. The van der Waals surface area contributed by atoms with E-state index in [4.69, 9.17) is 9.15 Å². The SMILES string of the molecule is O=c1oc2cc[nH]c(=O)c2cc1OCc1ccccc1. The van der Waals surface area contributed by atoms with E-state index in [1.54, 1.807) is 0 Å². The third-order valence-corrected chi connectivity index (χ3v) is 2.88. The largest absolute Gasteiger partial charge is 0.482 e. The molecule has 1 N–H and O–H groups in total. The van der Waals surface area contributed by atoms with E-state index in [0.29, 0.717) is 0 Å². The predicted octanol–water partition coefficient (Wildman–Crippen LogP) is 2.06. The standard InChI is InChI=1S/C15H11NO4/c17-14-11-8-13(15(18)20-12(11)6-7-16-14)19-9-10-4-2-1-3-5-10/h1-8H,9H2,(H,16,17). The molecule has 2 heterocycles. The van der Waals surface area contributed by atoms with Crippen molar-refractivity contribution >= 4 is 11.0 Å². The summed E-state index contributed by atoms with van der Waals surface area (Å²) in [5, 5.41) is 0.287. The van der Waals surface area contributed by atoms with Crippen LogP contribution in [0.5, 0.6) is 5.75 Å². The summed E-state index contributed by atoms with van der Waals surface area (Å²) in [7, 11) is 0. The second kappa shape index (κ2) is 5.05. The summed E-state index contributed by atoms with van der Waals surface area (Å²) in [5.74, 6) is 0.0260. The van der Waals surface area contributed by atoms with Crippen LogP contribution in [0.25, 0.3) is 11.0 Å². The molecule has 3 rings (SSSR count). The van der Waals surface area contributed by atoms with Crippen molar-refractivity contribution in [2.75, 3.05) is 0 Å². The lowest BCUT2D eigenvalue weighted by Gasteiger charge is -2.05. The highest BCUT2D eigenvalue weighted by Crippen LogP contribution is 2.14. The first kappa shape index (κ1) is 12.2. The van der Waals surface area contributed by atoms with Gasteiger partial charge in [-0.15, -0.1) is 0 Å². The Morgan fingerprint density at radius 3 is 2.70 bits per heavy atom. The number of aromatic nitrogens is 1. The molecule has 0 saturated carbocycles. The second-order valence-corrected chi connectivity index (χ2v) is 4.26. The van der Waals surface area contributed by atoms with Crippen molar-refractivity contribution in [1.29, 1.82) is 0 Å². The number of hydrogen-bond acceptors (Lipinski definition) is 4. The van der Waals surface area contributed by atoms with Crippen LogP contribution in [0.15, 0.2) is 62.7 Å². The average Bonchev–Trinajstić information content (AvgIpc) is 2.47. The normalized spacial score (nSPS) is 10.6. The molecule has 20 heavy (non-hydrogen) atoms. The van der Waals surface area contributed by atoms with Gasteiger partial charge in [0.05, 0.1) is 5.39 Å². The number of ether oxygens (including phenoxy) is 1. The summed E-state index contributed by atoms with van der Waals surface area (Å²) < 4.78 is 10.5. The number of aromatic amines is 1. The van der Waals surface area contributed by atoms with Gasteiger partial charge in [0.15, 0.2) is 0 Å². The molecule has 0 bridgehead atoms. The maximum absolute atomic E-state index is 11.8. The van der Waals surface area contributed by atoms with E-state index in [2.05, 4.69) is 4.98 Å². The smallest absolute Gasteiger partial charge is 0.379 e. The highest BCUT2D eigenvalue weighted by Gasteiger charge is 2.08. The second-order valence-electron chi connectivity index (χ2n) is 4.26. The van der Waals surface area contributed by atoms with Crippen molar-refractivity contribution in [1.82, 2.24) is 4.98 Å². The van der Waals surface area contributed by atoms with Crippen molar-refractivity contribution in [3.8, 4) is 5.75 Å². The number of benzene rings is 1. The Balaban J connectivity index is 1.96. The Bertz CT molecular complexity index is 849. The lowest BCUT2D eigenvalue weighted by molar-refractivity contribution is 0.291. The Labute approximate surface area is 113 Å². The minimum absolute atomic E-state index is 0.0260. The average molecular weight is 269 g/mol. The third-order valence-electron chi connectivity index (χ3n) is 2.88. The number of rotatable bonds is 3. The van der Waals surface area contributed by atoms with Crippen LogP contribution < -0.4 is 15.9 Å². The summed E-state index contributed by atoms with van der Waals surface area (Å²) >= 11 is 0. The predicted molar refractivity (Wildman–Crippen MR) is 73.9 cm³/mol. The Hall–Kier alpha value is -2.82. The van der Waals surface area contributed by atoms with Crippen LogP contribution >= 0.6 is 0 Å². The Morgan fingerprint density at radius 1 is 1.10 bits per heavy atom. The molecule has 1 aromatic carbocycles. The maximum atomic E-state index is 11.8. The van der Waals surface area contributed by atoms with Crippen LogP contribution in [-0.4, -0.2) is 4.98 Å². The minimum atomic E-state index is -0.598. The van der Waals surface area contributed by atoms with Crippen LogP contribution in [0.2, 0.25) is 0 Å². The zero-order valence-electron chi connectivity index (χ0n) is 10.5. The van der Waals surface area contributed by atoms with Crippen molar-refractivity contribution in [3.05, 3.63) is 75.0 Å². The topological polar surface area (TPSA) is 72.3 Å². The molecule has 100 valence electrons. The van der Waals surface area contributed by atoms with Crippen LogP contribution in [0.4, 0.5) is 0 Å². The van der Waals surface area contributed by atoms with Crippen molar-refractivity contribution in [2.24, 2.45) is 0 Å². The molecular formula is C15H11NO4. The number of fused-ring (bicyclic) bond motifs is 1. The molecule has 0 aliphatic heterocycles. The fourth-order valence-corrected chi connectivity index (χ4v) is 1.87. The third kappa shape index (κ3) is 2.33. The van der Waals surface area contributed by atoms with E-state index in [1.807, 2.05) is 30.3 Å². The van der Waals surface area contributed by atoms with Gasteiger partial charge in [-0.2, -0.15) is 0 Å². The summed E-state index contributed by atoms with van der Waals surface area (Å²) in [4.78, 5) is 25.9.